The highest BCUT2D eigenvalue weighted by molar-refractivity contribution is 8.15. The van der Waals surface area contributed by atoms with Gasteiger partial charge in [-0.2, -0.15) is 5.10 Å². The lowest BCUT2D eigenvalue weighted by Gasteiger charge is -2.08. The van der Waals surface area contributed by atoms with E-state index in [4.69, 9.17) is 0 Å². The first-order valence-electron chi connectivity index (χ1n) is 7.30. The van der Waals surface area contributed by atoms with E-state index in [-0.39, 0.29) is 24.2 Å². The molecular formula is C16H20N4O2S. The van der Waals surface area contributed by atoms with Crippen molar-refractivity contribution in [2.75, 3.05) is 5.32 Å². The van der Waals surface area contributed by atoms with E-state index in [2.05, 4.69) is 27.7 Å². The topological polar surface area (TPSA) is 82.6 Å². The number of thioether (sulfide) groups is 1. The number of benzene rings is 1. The molecule has 1 fully saturated rings. The van der Waals surface area contributed by atoms with Gasteiger partial charge in [-0.05, 0) is 18.1 Å². The van der Waals surface area contributed by atoms with Gasteiger partial charge in [0.1, 0.15) is 5.25 Å². The van der Waals surface area contributed by atoms with Gasteiger partial charge in [0.05, 0.1) is 0 Å². The Balaban J connectivity index is 1.87. The van der Waals surface area contributed by atoms with Crippen molar-refractivity contribution in [1.29, 1.82) is 0 Å². The zero-order valence-electron chi connectivity index (χ0n) is 13.1. The summed E-state index contributed by atoms with van der Waals surface area (Å²) >= 11 is 1.24. The molecule has 0 aliphatic carbocycles. The molecule has 122 valence electrons. The highest BCUT2D eigenvalue weighted by Gasteiger charge is 2.32. The monoisotopic (exact) mass is 332 g/mol. The Morgan fingerprint density at radius 3 is 2.74 bits per heavy atom. The molecule has 1 atom stereocenters. The Bertz CT molecular complexity index is 628. The lowest BCUT2D eigenvalue weighted by atomic mass is 10.2. The van der Waals surface area contributed by atoms with Gasteiger partial charge in [-0.1, -0.05) is 50.4 Å². The Hall–Kier alpha value is -2.28. The summed E-state index contributed by atoms with van der Waals surface area (Å²) in [4.78, 5) is 23.9. The molecule has 1 aromatic rings. The Kier molecular flexibility index (Phi) is 5.81. The molecule has 0 saturated carbocycles. The summed E-state index contributed by atoms with van der Waals surface area (Å²) in [5.74, 6) is -0.174. The molecule has 0 bridgehead atoms. The van der Waals surface area contributed by atoms with Crippen LogP contribution in [0.25, 0.3) is 0 Å². The van der Waals surface area contributed by atoms with Crippen LogP contribution in [0.1, 0.15) is 20.3 Å². The Labute approximate surface area is 139 Å². The molecule has 6 nitrogen and oxygen atoms in total. The zero-order chi connectivity index (χ0) is 16.8. The van der Waals surface area contributed by atoms with Gasteiger partial charge in [-0.25, -0.2) is 0 Å². The summed E-state index contributed by atoms with van der Waals surface area (Å²) in [7, 11) is 0. The van der Waals surface area contributed by atoms with E-state index in [9.17, 15) is 9.59 Å². The zero-order valence-corrected chi connectivity index (χ0v) is 13.9. The predicted octanol–water partition coefficient (Wildman–Crippen LogP) is 2.28. The molecule has 1 saturated heterocycles. The number of nitrogens with one attached hydrogen (secondary N) is 3. The second kappa shape index (κ2) is 7.82. The summed E-state index contributed by atoms with van der Waals surface area (Å²) in [6, 6.07) is 9.15. The van der Waals surface area contributed by atoms with Gasteiger partial charge >= 0.3 is 0 Å². The van der Waals surface area contributed by atoms with Crippen molar-refractivity contribution in [3.05, 3.63) is 42.6 Å². The molecule has 3 N–H and O–H groups in total. The van der Waals surface area contributed by atoms with Gasteiger partial charge in [-0.3, -0.25) is 15.0 Å². The smallest absolute Gasteiger partial charge is 0.240 e. The highest BCUT2D eigenvalue weighted by atomic mass is 32.2. The maximum absolute atomic E-state index is 12.0. The van der Waals surface area contributed by atoms with Gasteiger partial charge in [0.2, 0.25) is 11.8 Å². The quantitative estimate of drug-likeness (QED) is 0.698. The number of nitrogens with zero attached hydrogens (tertiary/aromatic N) is 1. The molecular weight excluding hydrogens is 312 g/mol. The van der Waals surface area contributed by atoms with Crippen molar-refractivity contribution in [1.82, 2.24) is 10.7 Å². The number of amidine groups is 1. The number of anilines is 1. The second-order valence-corrected chi connectivity index (χ2v) is 6.61. The maximum atomic E-state index is 12.0. The minimum absolute atomic E-state index is 0.0928. The standard InChI is InChI=1S/C16H20N4O2S/c1-10(2)11(3)19-20-16-18-15(22)13(23-16)9-14(21)17-12-7-5-4-6-8-12/h4-8,10,13,19H,3,9H2,1-2H3,(H,17,21)(H,18,20,22). The fourth-order valence-electron chi connectivity index (χ4n) is 1.75. The molecule has 0 radical (unpaired) electrons. The molecule has 0 aromatic heterocycles. The van der Waals surface area contributed by atoms with Crippen LogP contribution in [0, 0.1) is 5.92 Å². The summed E-state index contributed by atoms with van der Waals surface area (Å²) in [5.41, 5.74) is 4.29. The molecule has 1 aliphatic rings. The SMILES string of the molecule is C=C(NN=C1NC(=O)C(CC(=O)Nc2ccccc2)S1)C(C)C. The van der Waals surface area contributed by atoms with Crippen LogP contribution >= 0.6 is 11.8 Å². The van der Waals surface area contributed by atoms with Crippen LogP contribution < -0.4 is 16.1 Å². The van der Waals surface area contributed by atoms with Gasteiger partial charge in [-0.15, -0.1) is 0 Å². The van der Waals surface area contributed by atoms with Crippen LogP contribution in [0.2, 0.25) is 0 Å². The number of hydrazone groups is 1. The highest BCUT2D eigenvalue weighted by Crippen LogP contribution is 2.23. The van der Waals surface area contributed by atoms with Crippen LogP contribution in [0.5, 0.6) is 0 Å². The lowest BCUT2D eigenvalue weighted by Crippen LogP contribution is -2.28. The van der Waals surface area contributed by atoms with Crippen molar-refractivity contribution in [3.63, 3.8) is 0 Å². The normalized spacial score (nSPS) is 18.8. The van der Waals surface area contributed by atoms with Crippen molar-refractivity contribution in [2.24, 2.45) is 11.0 Å². The van der Waals surface area contributed by atoms with Crippen molar-refractivity contribution < 1.29 is 9.59 Å². The molecule has 2 rings (SSSR count). The third-order valence-corrected chi connectivity index (χ3v) is 4.28. The molecule has 1 aliphatic heterocycles. The number of amides is 2. The van der Waals surface area contributed by atoms with E-state index in [0.717, 1.165) is 5.70 Å². The summed E-state index contributed by atoms with van der Waals surface area (Å²) in [6.45, 7) is 7.83. The van der Waals surface area contributed by atoms with Crippen LogP contribution in [0.15, 0.2) is 47.7 Å². The third-order valence-electron chi connectivity index (χ3n) is 3.20. The third kappa shape index (κ3) is 5.14. The summed E-state index contributed by atoms with van der Waals surface area (Å²) in [5, 5.41) is 9.50. The maximum Gasteiger partial charge on any atom is 0.240 e. The predicted molar refractivity (Wildman–Crippen MR) is 93.8 cm³/mol. The van der Waals surface area contributed by atoms with E-state index < -0.39 is 5.25 Å². The molecule has 7 heteroatoms. The first-order chi connectivity index (χ1) is 11.0. The van der Waals surface area contributed by atoms with Gasteiger partial charge < -0.3 is 10.6 Å². The number of allylic oxidation sites excluding steroid dienone is 1. The number of carbonyl (C=O) groups is 2. The molecule has 1 heterocycles. The molecule has 1 unspecified atom stereocenters. The fourth-order valence-corrected chi connectivity index (χ4v) is 2.67. The largest absolute Gasteiger partial charge is 0.326 e. The first-order valence-corrected chi connectivity index (χ1v) is 8.18. The van der Waals surface area contributed by atoms with Crippen LogP contribution in [-0.2, 0) is 9.59 Å². The number of para-hydroxylation sites is 1. The van der Waals surface area contributed by atoms with E-state index in [1.807, 2.05) is 32.0 Å². The fraction of sp³-hybridized carbons (Fsp3) is 0.312. The van der Waals surface area contributed by atoms with Crippen LogP contribution in [-0.4, -0.2) is 22.2 Å². The van der Waals surface area contributed by atoms with E-state index in [1.165, 1.54) is 11.8 Å². The summed E-state index contributed by atoms with van der Waals surface area (Å²) < 4.78 is 0. The minimum atomic E-state index is -0.480. The lowest BCUT2D eigenvalue weighted by molar-refractivity contribution is -0.122. The average molecular weight is 332 g/mol. The number of rotatable bonds is 6. The van der Waals surface area contributed by atoms with E-state index in [1.54, 1.807) is 12.1 Å². The number of carbonyl (C=O) groups excluding carboxylic acids is 2. The van der Waals surface area contributed by atoms with E-state index in [0.29, 0.717) is 10.9 Å². The molecule has 1 aromatic carbocycles. The Morgan fingerprint density at radius 2 is 2.09 bits per heavy atom. The molecule has 23 heavy (non-hydrogen) atoms. The van der Waals surface area contributed by atoms with Crippen LogP contribution in [0.3, 0.4) is 0 Å². The molecule has 2 amide bonds. The van der Waals surface area contributed by atoms with E-state index >= 15 is 0 Å². The average Bonchev–Trinajstić information content (AvgIpc) is 2.85. The van der Waals surface area contributed by atoms with Crippen molar-refractivity contribution >= 4 is 34.4 Å². The van der Waals surface area contributed by atoms with Gasteiger partial charge in [0.15, 0.2) is 5.17 Å². The van der Waals surface area contributed by atoms with Gasteiger partial charge in [0.25, 0.3) is 0 Å². The first kappa shape index (κ1) is 17.1. The minimum Gasteiger partial charge on any atom is -0.326 e. The van der Waals surface area contributed by atoms with Crippen molar-refractivity contribution in [2.45, 2.75) is 25.5 Å². The van der Waals surface area contributed by atoms with Crippen molar-refractivity contribution in [3.8, 4) is 0 Å². The Morgan fingerprint density at radius 1 is 1.39 bits per heavy atom. The van der Waals surface area contributed by atoms with Gasteiger partial charge in [0, 0.05) is 17.8 Å². The number of hydrogen-bond acceptors (Lipinski definition) is 5. The second-order valence-electron chi connectivity index (χ2n) is 5.42. The molecule has 0 spiro atoms. The number of hydrogen-bond donors (Lipinski definition) is 3. The van der Waals surface area contributed by atoms with Crippen LogP contribution in [0.4, 0.5) is 5.69 Å². The summed E-state index contributed by atoms with van der Waals surface area (Å²) in [6.07, 6.45) is 0.0928.